The molecular weight excluding hydrogens is 266 g/mol. The van der Waals surface area contributed by atoms with Gasteiger partial charge in [0.2, 0.25) is 0 Å². The highest BCUT2D eigenvalue weighted by Gasteiger charge is 2.05. The summed E-state index contributed by atoms with van der Waals surface area (Å²) in [6, 6.07) is 15.0. The van der Waals surface area contributed by atoms with Gasteiger partial charge < -0.3 is 5.32 Å². The van der Waals surface area contributed by atoms with Crippen molar-refractivity contribution in [1.82, 2.24) is 5.32 Å². The van der Waals surface area contributed by atoms with Crippen LogP contribution in [0.2, 0.25) is 5.02 Å². The fourth-order valence-corrected chi connectivity index (χ4v) is 2.46. The Morgan fingerprint density at radius 1 is 1.05 bits per heavy atom. The molecule has 0 bridgehead atoms. The van der Waals surface area contributed by atoms with Crippen molar-refractivity contribution < 1.29 is 0 Å². The molecule has 0 saturated carbocycles. The van der Waals surface area contributed by atoms with Crippen LogP contribution in [0.4, 0.5) is 0 Å². The molecule has 0 aliphatic rings. The third kappa shape index (κ3) is 4.09. The quantitative estimate of drug-likeness (QED) is 0.842. The molecule has 0 aliphatic carbocycles. The highest BCUT2D eigenvalue weighted by atomic mass is 35.5. The van der Waals surface area contributed by atoms with Crippen LogP contribution in [0.1, 0.15) is 29.2 Å². The van der Waals surface area contributed by atoms with Gasteiger partial charge in [-0.2, -0.15) is 0 Å². The van der Waals surface area contributed by atoms with Crippen LogP contribution in [-0.2, 0) is 13.0 Å². The first-order chi connectivity index (χ1) is 9.56. The van der Waals surface area contributed by atoms with Gasteiger partial charge in [0.15, 0.2) is 0 Å². The van der Waals surface area contributed by atoms with E-state index in [0.717, 1.165) is 18.0 Å². The molecule has 0 spiro atoms. The average molecular weight is 288 g/mol. The predicted octanol–water partition coefficient (Wildman–Crippen LogP) is 4.68. The summed E-state index contributed by atoms with van der Waals surface area (Å²) in [5.41, 5.74) is 5.44. The van der Waals surface area contributed by atoms with Crippen molar-refractivity contribution in [3.05, 3.63) is 69.7 Å². The normalized spacial score (nSPS) is 12.4. The van der Waals surface area contributed by atoms with E-state index in [1.165, 1.54) is 22.3 Å². The highest BCUT2D eigenvalue weighted by molar-refractivity contribution is 6.30. The first-order valence-corrected chi connectivity index (χ1v) is 7.47. The van der Waals surface area contributed by atoms with Crippen molar-refractivity contribution in [3.63, 3.8) is 0 Å². The van der Waals surface area contributed by atoms with E-state index in [1.54, 1.807) is 0 Å². The van der Waals surface area contributed by atoms with E-state index in [4.69, 9.17) is 11.6 Å². The Hall–Kier alpha value is -1.31. The van der Waals surface area contributed by atoms with E-state index in [2.05, 4.69) is 56.4 Å². The van der Waals surface area contributed by atoms with Crippen molar-refractivity contribution in [1.29, 1.82) is 0 Å². The summed E-state index contributed by atoms with van der Waals surface area (Å²) in [6.07, 6.45) is 1.02. The maximum Gasteiger partial charge on any atom is 0.0406 e. The lowest BCUT2D eigenvalue weighted by molar-refractivity contribution is 0.544. The van der Waals surface area contributed by atoms with Crippen LogP contribution in [0.3, 0.4) is 0 Å². The Bertz CT molecular complexity index is 560. The monoisotopic (exact) mass is 287 g/mol. The molecule has 0 aliphatic heterocycles. The molecule has 2 aromatic carbocycles. The summed E-state index contributed by atoms with van der Waals surface area (Å²) in [4.78, 5) is 0. The Balaban J connectivity index is 1.90. The minimum atomic E-state index is 0.441. The van der Waals surface area contributed by atoms with Crippen molar-refractivity contribution >= 4 is 11.6 Å². The van der Waals surface area contributed by atoms with Gasteiger partial charge in [0, 0.05) is 17.6 Å². The van der Waals surface area contributed by atoms with E-state index >= 15 is 0 Å². The molecule has 0 saturated heterocycles. The second-order valence-electron chi connectivity index (χ2n) is 5.47. The summed E-state index contributed by atoms with van der Waals surface area (Å²) in [5, 5.41) is 4.39. The number of aryl methyl sites for hydroxylation is 1. The molecule has 106 valence electrons. The molecule has 0 aromatic heterocycles. The molecule has 1 nitrogen and oxygen atoms in total. The van der Waals surface area contributed by atoms with Gasteiger partial charge in [-0.25, -0.2) is 0 Å². The van der Waals surface area contributed by atoms with Gasteiger partial charge in [-0.15, -0.1) is 0 Å². The second-order valence-corrected chi connectivity index (χ2v) is 5.91. The molecule has 2 rings (SSSR count). The fourth-order valence-electron chi connectivity index (χ4n) is 2.33. The number of hydrogen-bond acceptors (Lipinski definition) is 1. The molecule has 0 fully saturated rings. The first-order valence-electron chi connectivity index (χ1n) is 7.09. The van der Waals surface area contributed by atoms with Crippen LogP contribution in [0.25, 0.3) is 0 Å². The predicted molar refractivity (Wildman–Crippen MR) is 87.4 cm³/mol. The first kappa shape index (κ1) is 15.1. The number of nitrogens with one attached hydrogen (secondary N) is 1. The number of halogens is 1. The number of hydrogen-bond donors (Lipinski definition) is 1. The molecule has 1 unspecified atom stereocenters. The van der Waals surface area contributed by atoms with Crippen LogP contribution >= 0.6 is 11.6 Å². The van der Waals surface area contributed by atoms with E-state index < -0.39 is 0 Å². The number of benzene rings is 2. The van der Waals surface area contributed by atoms with Gasteiger partial charge in [-0.05, 0) is 61.6 Å². The van der Waals surface area contributed by atoms with Crippen molar-refractivity contribution in [2.45, 2.75) is 39.8 Å². The van der Waals surface area contributed by atoms with Gasteiger partial charge in [0.1, 0.15) is 0 Å². The third-order valence-corrected chi connectivity index (χ3v) is 4.06. The summed E-state index contributed by atoms with van der Waals surface area (Å²) in [7, 11) is 0. The minimum absolute atomic E-state index is 0.441. The standard InChI is InChI=1S/C18H22ClN/c1-13-5-4-6-17(15(13)3)12-20-14(2)11-16-7-9-18(19)10-8-16/h4-10,14,20H,11-12H2,1-3H3. The van der Waals surface area contributed by atoms with Gasteiger partial charge in [0.05, 0.1) is 0 Å². The molecule has 20 heavy (non-hydrogen) atoms. The molecule has 0 amide bonds. The maximum absolute atomic E-state index is 5.91. The van der Waals surface area contributed by atoms with Gasteiger partial charge in [-0.3, -0.25) is 0 Å². The summed E-state index contributed by atoms with van der Waals surface area (Å²) >= 11 is 5.91. The summed E-state index contributed by atoms with van der Waals surface area (Å²) < 4.78 is 0. The Kier molecular flexibility index (Phi) is 5.22. The van der Waals surface area contributed by atoms with Crippen LogP contribution in [0.5, 0.6) is 0 Å². The fraction of sp³-hybridized carbons (Fsp3) is 0.333. The molecule has 1 N–H and O–H groups in total. The summed E-state index contributed by atoms with van der Waals surface area (Å²) in [6.45, 7) is 7.49. The third-order valence-electron chi connectivity index (χ3n) is 3.81. The van der Waals surface area contributed by atoms with E-state index in [1.807, 2.05) is 12.1 Å². The Morgan fingerprint density at radius 2 is 1.75 bits per heavy atom. The van der Waals surface area contributed by atoms with Crippen molar-refractivity contribution in [2.24, 2.45) is 0 Å². The van der Waals surface area contributed by atoms with Crippen molar-refractivity contribution in [2.75, 3.05) is 0 Å². The van der Waals surface area contributed by atoms with Crippen LogP contribution in [-0.4, -0.2) is 6.04 Å². The molecule has 0 heterocycles. The lowest BCUT2D eigenvalue weighted by Crippen LogP contribution is -2.27. The molecule has 2 heteroatoms. The van der Waals surface area contributed by atoms with Gasteiger partial charge in [-0.1, -0.05) is 41.9 Å². The number of rotatable bonds is 5. The van der Waals surface area contributed by atoms with Gasteiger partial charge >= 0.3 is 0 Å². The second kappa shape index (κ2) is 6.92. The SMILES string of the molecule is Cc1cccc(CNC(C)Cc2ccc(Cl)cc2)c1C. The van der Waals surface area contributed by atoms with E-state index in [9.17, 15) is 0 Å². The largest absolute Gasteiger partial charge is 0.310 e. The molecule has 0 radical (unpaired) electrons. The van der Waals surface area contributed by atoms with Crippen LogP contribution in [0.15, 0.2) is 42.5 Å². The minimum Gasteiger partial charge on any atom is -0.310 e. The lowest BCUT2D eigenvalue weighted by atomic mass is 10.0. The van der Waals surface area contributed by atoms with Gasteiger partial charge in [0.25, 0.3) is 0 Å². The lowest BCUT2D eigenvalue weighted by Gasteiger charge is -2.16. The average Bonchev–Trinajstić information content (AvgIpc) is 2.43. The zero-order chi connectivity index (χ0) is 14.5. The smallest absolute Gasteiger partial charge is 0.0406 e. The zero-order valence-corrected chi connectivity index (χ0v) is 13.2. The van der Waals surface area contributed by atoms with Crippen LogP contribution in [0, 0.1) is 13.8 Å². The maximum atomic E-state index is 5.91. The zero-order valence-electron chi connectivity index (χ0n) is 12.4. The van der Waals surface area contributed by atoms with E-state index in [-0.39, 0.29) is 0 Å². The Morgan fingerprint density at radius 3 is 2.45 bits per heavy atom. The van der Waals surface area contributed by atoms with Crippen molar-refractivity contribution in [3.8, 4) is 0 Å². The topological polar surface area (TPSA) is 12.0 Å². The van der Waals surface area contributed by atoms with Crippen LogP contribution < -0.4 is 5.32 Å². The highest BCUT2D eigenvalue weighted by Crippen LogP contribution is 2.14. The molecule has 2 aromatic rings. The molecule has 1 atom stereocenters. The molecular formula is C18H22ClN. The Labute approximate surface area is 127 Å². The summed E-state index contributed by atoms with van der Waals surface area (Å²) in [5.74, 6) is 0. The van der Waals surface area contributed by atoms with E-state index in [0.29, 0.717) is 6.04 Å².